The van der Waals surface area contributed by atoms with E-state index < -0.39 is 33.2 Å². The lowest BCUT2D eigenvalue weighted by Gasteiger charge is -2.28. The number of nitrogens with zero attached hydrogens (tertiary/aromatic N) is 3. The zero-order valence-electron chi connectivity index (χ0n) is 16.5. The molecule has 1 aliphatic rings. The van der Waals surface area contributed by atoms with Gasteiger partial charge in [-0.05, 0) is 48.9 Å². The van der Waals surface area contributed by atoms with E-state index in [0.717, 1.165) is 4.68 Å². The van der Waals surface area contributed by atoms with Crippen molar-refractivity contribution < 1.29 is 17.6 Å². The molecule has 2 heterocycles. The van der Waals surface area contributed by atoms with Crippen LogP contribution in [0.5, 0.6) is 0 Å². The lowest BCUT2D eigenvalue weighted by atomic mass is 10.1. The van der Waals surface area contributed by atoms with Gasteiger partial charge < -0.3 is 4.90 Å². The minimum atomic E-state index is -3.22. The third kappa shape index (κ3) is 4.72. The molecule has 1 aromatic heterocycles. The molecule has 3 aromatic rings. The molecule has 9 heteroatoms. The number of anilines is 1. The first-order valence-corrected chi connectivity index (χ1v) is 11.6. The van der Waals surface area contributed by atoms with Crippen LogP contribution in [0, 0.1) is 5.82 Å². The van der Waals surface area contributed by atoms with Crippen LogP contribution >= 0.6 is 0 Å². The summed E-state index contributed by atoms with van der Waals surface area (Å²) in [6.45, 7) is -0.348. The van der Waals surface area contributed by atoms with Crippen molar-refractivity contribution in [2.24, 2.45) is 0 Å². The molecule has 2 aromatic carbocycles. The molecule has 4 rings (SSSR count). The number of hydrogen-bond acceptors (Lipinski definition) is 5. The molecule has 0 saturated carbocycles. The Morgan fingerprint density at radius 3 is 2.42 bits per heavy atom. The topological polar surface area (TPSA) is 89.3 Å². The molecular formula is C22H20FN3O4S. The van der Waals surface area contributed by atoms with Gasteiger partial charge in [0.05, 0.1) is 23.2 Å². The van der Waals surface area contributed by atoms with Gasteiger partial charge in [-0.25, -0.2) is 17.5 Å². The zero-order chi connectivity index (χ0) is 22.0. The molecule has 31 heavy (non-hydrogen) atoms. The summed E-state index contributed by atoms with van der Waals surface area (Å²) in [6, 6.07) is 16.7. The van der Waals surface area contributed by atoms with E-state index in [1.165, 1.54) is 41.3 Å². The minimum absolute atomic E-state index is 0.0204. The number of rotatable bonds is 5. The second-order valence-electron chi connectivity index (χ2n) is 7.38. The van der Waals surface area contributed by atoms with Crippen LogP contribution in [-0.4, -0.2) is 41.7 Å². The van der Waals surface area contributed by atoms with E-state index in [1.54, 1.807) is 30.3 Å². The summed E-state index contributed by atoms with van der Waals surface area (Å²) in [4.78, 5) is 27.0. The average molecular weight is 441 g/mol. The van der Waals surface area contributed by atoms with Crippen LogP contribution in [0.4, 0.5) is 10.1 Å². The van der Waals surface area contributed by atoms with Crippen LogP contribution in [0.1, 0.15) is 6.42 Å². The molecule has 1 aliphatic heterocycles. The summed E-state index contributed by atoms with van der Waals surface area (Å²) < 4.78 is 38.3. The second kappa shape index (κ2) is 8.43. The van der Waals surface area contributed by atoms with Gasteiger partial charge in [0.2, 0.25) is 5.91 Å². The number of halogens is 1. The molecule has 0 N–H and O–H groups in total. The molecule has 160 valence electrons. The number of sulfone groups is 1. The van der Waals surface area contributed by atoms with Crippen LogP contribution in [0.2, 0.25) is 0 Å². The number of carbonyl (C=O) groups excluding carboxylic acids is 1. The van der Waals surface area contributed by atoms with Gasteiger partial charge in [-0.15, -0.1) is 0 Å². The van der Waals surface area contributed by atoms with Crippen LogP contribution in [-0.2, 0) is 21.2 Å². The van der Waals surface area contributed by atoms with Crippen molar-refractivity contribution in [3.8, 4) is 11.3 Å². The van der Waals surface area contributed by atoms with E-state index in [2.05, 4.69) is 5.10 Å². The lowest BCUT2D eigenvalue weighted by molar-refractivity contribution is -0.119. The maximum Gasteiger partial charge on any atom is 0.267 e. The molecule has 0 bridgehead atoms. The first-order valence-electron chi connectivity index (χ1n) is 9.74. The van der Waals surface area contributed by atoms with Crippen molar-refractivity contribution in [2.45, 2.75) is 19.0 Å². The maximum absolute atomic E-state index is 13.2. The Balaban J connectivity index is 1.65. The third-order valence-electron chi connectivity index (χ3n) is 5.17. The molecule has 0 aliphatic carbocycles. The van der Waals surface area contributed by atoms with Crippen molar-refractivity contribution in [1.29, 1.82) is 0 Å². The largest absolute Gasteiger partial charge is 0.307 e. The molecule has 1 saturated heterocycles. The van der Waals surface area contributed by atoms with Gasteiger partial charge in [0.25, 0.3) is 5.56 Å². The Morgan fingerprint density at radius 1 is 1.06 bits per heavy atom. The number of amides is 1. The van der Waals surface area contributed by atoms with Crippen LogP contribution in [0.15, 0.2) is 71.5 Å². The number of aromatic nitrogens is 2. The molecule has 7 nitrogen and oxygen atoms in total. The van der Waals surface area contributed by atoms with Gasteiger partial charge in [0, 0.05) is 17.3 Å². The maximum atomic E-state index is 13.2. The third-order valence-corrected chi connectivity index (χ3v) is 6.92. The lowest BCUT2D eigenvalue weighted by Crippen LogP contribution is -2.44. The van der Waals surface area contributed by atoms with Crippen molar-refractivity contribution in [1.82, 2.24) is 9.78 Å². The SMILES string of the molecule is O=C(Cn1nc(-c2ccc(F)cc2)ccc1=O)N(c1ccccc1)[C@@H]1CCS(=O)(=O)C1. The average Bonchev–Trinajstić information content (AvgIpc) is 3.10. The van der Waals surface area contributed by atoms with E-state index in [9.17, 15) is 22.4 Å². The van der Waals surface area contributed by atoms with Crippen LogP contribution in [0.25, 0.3) is 11.3 Å². The van der Waals surface area contributed by atoms with Gasteiger partial charge in [-0.2, -0.15) is 5.10 Å². The first kappa shape index (κ1) is 20.9. The fraction of sp³-hybridized carbons (Fsp3) is 0.227. The first-order chi connectivity index (χ1) is 14.8. The predicted octanol–water partition coefficient (Wildman–Crippen LogP) is 2.27. The van der Waals surface area contributed by atoms with E-state index >= 15 is 0 Å². The van der Waals surface area contributed by atoms with Gasteiger partial charge in [0.15, 0.2) is 9.84 Å². The van der Waals surface area contributed by atoms with Crippen molar-refractivity contribution >= 4 is 21.4 Å². The number of para-hydroxylation sites is 1. The Bertz CT molecular complexity index is 1260. The summed E-state index contributed by atoms with van der Waals surface area (Å²) in [5, 5.41) is 4.26. The van der Waals surface area contributed by atoms with Crippen molar-refractivity contribution in [3.63, 3.8) is 0 Å². The normalized spacial score (nSPS) is 17.4. The Labute approximate surface area is 178 Å². The summed E-state index contributed by atoms with van der Waals surface area (Å²) in [7, 11) is -3.22. The van der Waals surface area contributed by atoms with E-state index in [-0.39, 0.29) is 18.1 Å². The highest BCUT2D eigenvalue weighted by atomic mass is 32.2. The Morgan fingerprint density at radius 2 is 1.77 bits per heavy atom. The van der Waals surface area contributed by atoms with Crippen LogP contribution in [0.3, 0.4) is 0 Å². The summed E-state index contributed by atoms with van der Waals surface area (Å²) >= 11 is 0. The zero-order valence-corrected chi connectivity index (χ0v) is 17.3. The summed E-state index contributed by atoms with van der Waals surface area (Å²) in [6.07, 6.45) is 0.334. The second-order valence-corrected chi connectivity index (χ2v) is 9.61. The smallest absolute Gasteiger partial charge is 0.267 e. The van der Waals surface area contributed by atoms with Crippen molar-refractivity contribution in [2.75, 3.05) is 16.4 Å². The monoisotopic (exact) mass is 441 g/mol. The number of benzene rings is 2. The predicted molar refractivity (Wildman–Crippen MR) is 115 cm³/mol. The van der Waals surface area contributed by atoms with E-state index in [0.29, 0.717) is 23.4 Å². The van der Waals surface area contributed by atoms with Crippen molar-refractivity contribution in [3.05, 3.63) is 82.9 Å². The highest BCUT2D eigenvalue weighted by Crippen LogP contribution is 2.25. The Hall–Kier alpha value is -3.33. The van der Waals surface area contributed by atoms with E-state index in [1.807, 2.05) is 0 Å². The molecule has 0 unspecified atom stereocenters. The fourth-order valence-electron chi connectivity index (χ4n) is 3.67. The summed E-state index contributed by atoms with van der Waals surface area (Å²) in [5.41, 5.74) is 1.12. The number of hydrogen-bond donors (Lipinski definition) is 0. The standard InChI is InChI=1S/C22H20FN3O4S/c23-17-8-6-16(7-9-17)20-10-11-21(27)25(24-20)14-22(28)26(18-4-2-1-3-5-18)19-12-13-31(29,30)15-19/h1-11,19H,12-15H2/t19-/m1/s1. The fourth-order valence-corrected chi connectivity index (χ4v) is 5.37. The van der Waals surface area contributed by atoms with Gasteiger partial charge in [0.1, 0.15) is 12.4 Å². The van der Waals surface area contributed by atoms with Gasteiger partial charge in [-0.1, -0.05) is 18.2 Å². The Kier molecular flexibility index (Phi) is 5.69. The van der Waals surface area contributed by atoms with Gasteiger partial charge in [-0.3, -0.25) is 9.59 Å². The molecular weight excluding hydrogens is 421 g/mol. The van der Waals surface area contributed by atoms with E-state index in [4.69, 9.17) is 0 Å². The highest BCUT2D eigenvalue weighted by molar-refractivity contribution is 7.91. The number of carbonyl (C=O) groups is 1. The minimum Gasteiger partial charge on any atom is -0.307 e. The molecule has 1 atom stereocenters. The summed E-state index contributed by atoms with van der Waals surface area (Å²) in [5.74, 6) is -0.922. The molecule has 1 fully saturated rings. The quantitative estimate of drug-likeness (QED) is 0.606. The molecule has 0 radical (unpaired) electrons. The molecule has 1 amide bonds. The molecule has 0 spiro atoms. The van der Waals surface area contributed by atoms with Gasteiger partial charge >= 0.3 is 0 Å². The van der Waals surface area contributed by atoms with Crippen LogP contribution < -0.4 is 10.5 Å². The highest BCUT2D eigenvalue weighted by Gasteiger charge is 2.35.